The summed E-state index contributed by atoms with van der Waals surface area (Å²) >= 11 is 0. The molecule has 1 aromatic rings. The molecule has 0 saturated heterocycles. The van der Waals surface area contributed by atoms with Gasteiger partial charge in [-0.2, -0.15) is 0 Å². The number of unbranched alkanes of at least 4 members (excludes halogenated alkanes) is 1. The highest BCUT2D eigenvalue weighted by atomic mass is 16.1. The van der Waals surface area contributed by atoms with Gasteiger partial charge in [-0.1, -0.05) is 44.2 Å². The van der Waals surface area contributed by atoms with Crippen LogP contribution < -0.4 is 11.1 Å². The first-order valence-electron chi connectivity index (χ1n) is 7.18. The minimum absolute atomic E-state index is 0.117. The van der Waals surface area contributed by atoms with Crippen LogP contribution >= 0.6 is 0 Å². The van der Waals surface area contributed by atoms with Crippen LogP contribution in [0.2, 0.25) is 0 Å². The van der Waals surface area contributed by atoms with Gasteiger partial charge in [0.1, 0.15) is 0 Å². The number of nitrogens with two attached hydrogens (primary N) is 1. The second-order valence-electron chi connectivity index (χ2n) is 5.41. The van der Waals surface area contributed by atoms with Gasteiger partial charge in [0.2, 0.25) is 5.91 Å². The summed E-state index contributed by atoms with van der Waals surface area (Å²) in [7, 11) is 0. The van der Waals surface area contributed by atoms with E-state index in [1.54, 1.807) is 0 Å². The highest BCUT2D eigenvalue weighted by Crippen LogP contribution is 2.21. The van der Waals surface area contributed by atoms with Crippen molar-refractivity contribution < 1.29 is 4.79 Å². The molecule has 0 aliphatic carbocycles. The molecule has 0 spiro atoms. The third kappa shape index (κ3) is 6.39. The third-order valence-electron chi connectivity index (χ3n) is 3.10. The monoisotopic (exact) mass is 262 g/mol. The largest absolute Gasteiger partial charge is 0.349 e. The van der Waals surface area contributed by atoms with Crippen molar-refractivity contribution in [3.8, 4) is 0 Å². The molecular formula is C16H26N2O. The third-order valence-corrected chi connectivity index (χ3v) is 3.10. The summed E-state index contributed by atoms with van der Waals surface area (Å²) in [6.45, 7) is 5.01. The number of hydrogen-bond donors (Lipinski definition) is 2. The normalized spacial score (nSPS) is 12.4. The molecule has 0 saturated carbocycles. The van der Waals surface area contributed by atoms with Gasteiger partial charge in [0, 0.05) is 6.42 Å². The fourth-order valence-electron chi connectivity index (χ4n) is 2.13. The molecule has 1 aromatic carbocycles. The minimum Gasteiger partial charge on any atom is -0.349 e. The van der Waals surface area contributed by atoms with Gasteiger partial charge < -0.3 is 11.1 Å². The highest BCUT2D eigenvalue weighted by molar-refractivity contribution is 5.76. The van der Waals surface area contributed by atoms with Gasteiger partial charge >= 0.3 is 0 Å². The smallest absolute Gasteiger partial charge is 0.220 e. The maximum Gasteiger partial charge on any atom is 0.220 e. The van der Waals surface area contributed by atoms with Crippen LogP contribution in [0.4, 0.5) is 0 Å². The SMILES string of the molecule is CC(C)CC(NC(=O)CCCCN)c1ccccc1. The zero-order valence-corrected chi connectivity index (χ0v) is 12.1. The van der Waals surface area contributed by atoms with Crippen LogP contribution in [0.1, 0.15) is 51.1 Å². The Kier molecular flexibility index (Phi) is 7.19. The Bertz CT molecular complexity index is 362. The number of rotatable bonds is 8. The van der Waals surface area contributed by atoms with Gasteiger partial charge in [0.05, 0.1) is 6.04 Å². The Morgan fingerprint density at radius 2 is 1.89 bits per heavy atom. The molecule has 0 aliphatic heterocycles. The number of carbonyl (C=O) groups is 1. The summed E-state index contributed by atoms with van der Waals surface area (Å²) in [5, 5.41) is 3.14. The fourth-order valence-corrected chi connectivity index (χ4v) is 2.13. The molecule has 1 rings (SSSR count). The summed E-state index contributed by atoms with van der Waals surface area (Å²) in [6, 6.07) is 10.3. The predicted molar refractivity (Wildman–Crippen MR) is 79.7 cm³/mol. The molecule has 1 unspecified atom stereocenters. The quantitative estimate of drug-likeness (QED) is 0.708. The summed E-state index contributed by atoms with van der Waals surface area (Å²) in [4.78, 5) is 11.9. The molecule has 3 N–H and O–H groups in total. The summed E-state index contributed by atoms with van der Waals surface area (Å²) < 4.78 is 0. The van der Waals surface area contributed by atoms with Gasteiger partial charge in [0.25, 0.3) is 0 Å². The summed E-state index contributed by atoms with van der Waals surface area (Å²) in [6.07, 6.45) is 3.31. The molecule has 0 heterocycles. The van der Waals surface area contributed by atoms with E-state index >= 15 is 0 Å². The van der Waals surface area contributed by atoms with E-state index in [2.05, 4.69) is 31.3 Å². The van der Waals surface area contributed by atoms with E-state index in [1.165, 1.54) is 5.56 Å². The number of hydrogen-bond acceptors (Lipinski definition) is 2. The highest BCUT2D eigenvalue weighted by Gasteiger charge is 2.15. The van der Waals surface area contributed by atoms with Crippen LogP contribution in [0.15, 0.2) is 30.3 Å². The second kappa shape index (κ2) is 8.70. The topological polar surface area (TPSA) is 55.1 Å². The molecule has 0 aliphatic rings. The Morgan fingerprint density at radius 3 is 2.47 bits per heavy atom. The number of benzene rings is 1. The molecule has 3 heteroatoms. The van der Waals surface area contributed by atoms with Gasteiger partial charge in [0.15, 0.2) is 0 Å². The average Bonchev–Trinajstić information content (AvgIpc) is 2.39. The summed E-state index contributed by atoms with van der Waals surface area (Å²) in [5.74, 6) is 0.678. The van der Waals surface area contributed by atoms with E-state index in [-0.39, 0.29) is 11.9 Å². The Balaban J connectivity index is 2.57. The first kappa shape index (κ1) is 15.7. The lowest BCUT2D eigenvalue weighted by atomic mass is 9.97. The van der Waals surface area contributed by atoms with E-state index in [0.717, 1.165) is 19.3 Å². The minimum atomic E-state index is 0.117. The second-order valence-corrected chi connectivity index (χ2v) is 5.41. The Morgan fingerprint density at radius 1 is 1.21 bits per heavy atom. The maximum absolute atomic E-state index is 11.9. The standard InChI is InChI=1S/C16H26N2O/c1-13(2)12-15(14-8-4-3-5-9-14)18-16(19)10-6-7-11-17/h3-5,8-9,13,15H,6-7,10-12,17H2,1-2H3,(H,18,19). The first-order chi connectivity index (χ1) is 9.13. The van der Waals surface area contributed by atoms with Crippen molar-refractivity contribution in [2.24, 2.45) is 11.7 Å². The molecule has 1 atom stereocenters. The van der Waals surface area contributed by atoms with Gasteiger partial charge in [-0.15, -0.1) is 0 Å². The van der Waals surface area contributed by atoms with Crippen molar-refractivity contribution in [1.29, 1.82) is 0 Å². The van der Waals surface area contributed by atoms with E-state index in [4.69, 9.17) is 5.73 Å². The fraction of sp³-hybridized carbons (Fsp3) is 0.562. The van der Waals surface area contributed by atoms with E-state index in [1.807, 2.05) is 18.2 Å². The Labute approximate surface area is 116 Å². The number of nitrogens with one attached hydrogen (secondary N) is 1. The lowest BCUT2D eigenvalue weighted by Crippen LogP contribution is -2.29. The van der Waals surface area contributed by atoms with Crippen LogP contribution in [0, 0.1) is 5.92 Å². The summed E-state index contributed by atoms with van der Waals surface area (Å²) in [5.41, 5.74) is 6.62. The van der Waals surface area contributed by atoms with Gasteiger partial charge in [-0.25, -0.2) is 0 Å². The molecule has 0 bridgehead atoms. The number of amides is 1. The molecule has 0 radical (unpaired) electrons. The van der Waals surface area contributed by atoms with E-state index in [0.29, 0.717) is 18.9 Å². The van der Waals surface area contributed by atoms with Crippen LogP contribution in [0.3, 0.4) is 0 Å². The lowest BCUT2D eigenvalue weighted by molar-refractivity contribution is -0.122. The molecular weight excluding hydrogens is 236 g/mol. The molecule has 19 heavy (non-hydrogen) atoms. The van der Waals surface area contributed by atoms with Crippen molar-refractivity contribution in [2.75, 3.05) is 6.54 Å². The molecule has 3 nitrogen and oxygen atoms in total. The van der Waals surface area contributed by atoms with E-state index < -0.39 is 0 Å². The van der Waals surface area contributed by atoms with Crippen molar-refractivity contribution >= 4 is 5.91 Å². The van der Waals surface area contributed by atoms with Crippen molar-refractivity contribution in [2.45, 2.75) is 45.6 Å². The van der Waals surface area contributed by atoms with Crippen molar-refractivity contribution in [3.05, 3.63) is 35.9 Å². The predicted octanol–water partition coefficient (Wildman–Crippen LogP) is 3.02. The number of carbonyl (C=O) groups excluding carboxylic acids is 1. The maximum atomic E-state index is 11.9. The van der Waals surface area contributed by atoms with Gasteiger partial charge in [-0.3, -0.25) is 4.79 Å². The van der Waals surface area contributed by atoms with E-state index in [9.17, 15) is 4.79 Å². The zero-order valence-electron chi connectivity index (χ0n) is 12.1. The van der Waals surface area contributed by atoms with Crippen molar-refractivity contribution in [3.63, 3.8) is 0 Å². The van der Waals surface area contributed by atoms with Crippen LogP contribution in [-0.4, -0.2) is 12.5 Å². The molecule has 1 amide bonds. The molecule has 0 fully saturated rings. The van der Waals surface area contributed by atoms with Crippen LogP contribution in [0.25, 0.3) is 0 Å². The Hall–Kier alpha value is -1.35. The molecule has 0 aromatic heterocycles. The lowest BCUT2D eigenvalue weighted by Gasteiger charge is -2.21. The first-order valence-corrected chi connectivity index (χ1v) is 7.18. The zero-order chi connectivity index (χ0) is 14.1. The average molecular weight is 262 g/mol. The van der Waals surface area contributed by atoms with Crippen LogP contribution in [-0.2, 0) is 4.79 Å². The molecule has 106 valence electrons. The van der Waals surface area contributed by atoms with Gasteiger partial charge in [-0.05, 0) is 37.3 Å². The van der Waals surface area contributed by atoms with Crippen molar-refractivity contribution in [1.82, 2.24) is 5.32 Å². The van der Waals surface area contributed by atoms with Crippen LogP contribution in [0.5, 0.6) is 0 Å².